The molecule has 1 saturated heterocycles. The molecule has 1 heterocycles. The van der Waals surface area contributed by atoms with E-state index in [1.165, 1.54) is 0 Å². The fourth-order valence-electron chi connectivity index (χ4n) is 2.77. The van der Waals surface area contributed by atoms with Crippen LogP contribution in [-0.2, 0) is 16.1 Å². The Kier molecular flexibility index (Phi) is 5.38. The van der Waals surface area contributed by atoms with Gasteiger partial charge in [0.2, 0.25) is 5.91 Å². The molecule has 1 aliphatic rings. The van der Waals surface area contributed by atoms with Crippen LogP contribution in [0.25, 0.3) is 0 Å². The third-order valence-corrected chi connectivity index (χ3v) is 4.01. The van der Waals surface area contributed by atoms with Gasteiger partial charge in [-0.05, 0) is 25.5 Å². The molecule has 0 saturated carbocycles. The molecule has 0 spiro atoms. The number of nitrogens with zero attached hydrogens (tertiary/aromatic N) is 2. The molecule has 22 heavy (non-hydrogen) atoms. The lowest BCUT2D eigenvalue weighted by Gasteiger charge is -2.24. The number of ether oxygens (including phenoxy) is 1. The molecule has 1 aliphatic heterocycles. The highest BCUT2D eigenvalue weighted by Crippen LogP contribution is 2.20. The standard InChI is InChI=1S/C16H22N2O4/c1-17(10-12-6-3-4-8-14(12)22-2)15(19)11-18-9-5-7-13(18)16(20)21/h3-4,6,8,13H,5,7,9-11H2,1-2H3,(H,20,21)/t13-/m0/s1. The number of rotatable bonds is 6. The van der Waals surface area contributed by atoms with Crippen LogP contribution in [0.4, 0.5) is 0 Å². The van der Waals surface area contributed by atoms with Crippen LogP contribution in [-0.4, -0.2) is 60.1 Å². The summed E-state index contributed by atoms with van der Waals surface area (Å²) in [5.74, 6) is -0.191. The van der Waals surface area contributed by atoms with E-state index in [1.807, 2.05) is 24.3 Å². The zero-order valence-corrected chi connectivity index (χ0v) is 13.0. The number of carbonyl (C=O) groups excluding carboxylic acids is 1. The highest BCUT2D eigenvalue weighted by atomic mass is 16.5. The van der Waals surface area contributed by atoms with E-state index in [4.69, 9.17) is 9.84 Å². The summed E-state index contributed by atoms with van der Waals surface area (Å²) in [5, 5.41) is 9.16. The first-order chi connectivity index (χ1) is 10.5. The van der Waals surface area contributed by atoms with E-state index >= 15 is 0 Å². The van der Waals surface area contributed by atoms with Crippen molar-refractivity contribution in [3.63, 3.8) is 0 Å². The topological polar surface area (TPSA) is 70.1 Å². The first-order valence-corrected chi connectivity index (χ1v) is 7.35. The molecular formula is C16H22N2O4. The molecule has 0 aromatic heterocycles. The lowest BCUT2D eigenvalue weighted by atomic mass is 10.2. The van der Waals surface area contributed by atoms with Crippen molar-refractivity contribution in [2.24, 2.45) is 0 Å². The summed E-state index contributed by atoms with van der Waals surface area (Å²) >= 11 is 0. The molecule has 6 heteroatoms. The minimum atomic E-state index is -0.849. The summed E-state index contributed by atoms with van der Waals surface area (Å²) in [5.41, 5.74) is 0.928. The number of carboxylic acid groups (broad SMARTS) is 1. The summed E-state index contributed by atoms with van der Waals surface area (Å²) in [6.07, 6.45) is 1.43. The van der Waals surface area contributed by atoms with E-state index in [9.17, 15) is 9.59 Å². The number of benzene rings is 1. The van der Waals surface area contributed by atoms with Crippen molar-refractivity contribution in [2.75, 3.05) is 27.2 Å². The van der Waals surface area contributed by atoms with Gasteiger partial charge in [-0.15, -0.1) is 0 Å². The van der Waals surface area contributed by atoms with Crippen LogP contribution in [0.3, 0.4) is 0 Å². The van der Waals surface area contributed by atoms with Crippen LogP contribution in [0.1, 0.15) is 18.4 Å². The van der Waals surface area contributed by atoms with Gasteiger partial charge in [-0.1, -0.05) is 18.2 Å². The zero-order valence-electron chi connectivity index (χ0n) is 13.0. The van der Waals surface area contributed by atoms with Crippen molar-refractivity contribution < 1.29 is 19.4 Å². The largest absolute Gasteiger partial charge is 0.496 e. The molecule has 1 amide bonds. The molecule has 1 fully saturated rings. The quantitative estimate of drug-likeness (QED) is 0.855. The molecular weight excluding hydrogens is 284 g/mol. The van der Waals surface area contributed by atoms with E-state index < -0.39 is 12.0 Å². The molecule has 1 N–H and O–H groups in total. The maximum absolute atomic E-state index is 12.3. The monoisotopic (exact) mass is 306 g/mol. The van der Waals surface area contributed by atoms with Gasteiger partial charge in [0.1, 0.15) is 11.8 Å². The number of carbonyl (C=O) groups is 2. The second kappa shape index (κ2) is 7.26. The van der Waals surface area contributed by atoms with Crippen LogP contribution in [0.2, 0.25) is 0 Å². The first-order valence-electron chi connectivity index (χ1n) is 7.35. The van der Waals surface area contributed by atoms with Crippen LogP contribution >= 0.6 is 0 Å². The summed E-state index contributed by atoms with van der Waals surface area (Å²) in [7, 11) is 3.32. The van der Waals surface area contributed by atoms with Gasteiger partial charge >= 0.3 is 5.97 Å². The number of para-hydroxylation sites is 1. The fourth-order valence-corrected chi connectivity index (χ4v) is 2.77. The molecule has 0 radical (unpaired) electrons. The Morgan fingerprint density at radius 3 is 2.82 bits per heavy atom. The molecule has 0 unspecified atom stereocenters. The predicted octanol–water partition coefficient (Wildman–Crippen LogP) is 1.20. The van der Waals surface area contributed by atoms with E-state index in [1.54, 1.807) is 24.0 Å². The average molecular weight is 306 g/mol. The summed E-state index contributed by atoms with van der Waals surface area (Å²) in [4.78, 5) is 26.8. The van der Waals surface area contributed by atoms with Gasteiger partial charge in [0.25, 0.3) is 0 Å². The predicted molar refractivity (Wildman–Crippen MR) is 81.7 cm³/mol. The number of amides is 1. The molecule has 120 valence electrons. The Balaban J connectivity index is 1.96. The third kappa shape index (κ3) is 3.76. The maximum Gasteiger partial charge on any atom is 0.320 e. The van der Waals surface area contributed by atoms with Crippen molar-refractivity contribution in [1.29, 1.82) is 0 Å². The molecule has 1 atom stereocenters. The van der Waals surface area contributed by atoms with Gasteiger partial charge in [0, 0.05) is 19.2 Å². The fraction of sp³-hybridized carbons (Fsp3) is 0.500. The molecule has 2 rings (SSSR count). The molecule has 0 bridgehead atoms. The van der Waals surface area contributed by atoms with Crippen LogP contribution in [0, 0.1) is 0 Å². The average Bonchev–Trinajstić information content (AvgIpc) is 2.96. The van der Waals surface area contributed by atoms with Crippen molar-refractivity contribution in [3.8, 4) is 5.75 Å². The smallest absolute Gasteiger partial charge is 0.320 e. The molecule has 1 aromatic rings. The number of hydrogen-bond donors (Lipinski definition) is 1. The van der Waals surface area contributed by atoms with Crippen LogP contribution < -0.4 is 4.74 Å². The van der Waals surface area contributed by atoms with E-state index in [0.29, 0.717) is 19.5 Å². The van der Waals surface area contributed by atoms with Crippen molar-refractivity contribution in [1.82, 2.24) is 9.80 Å². The molecule has 1 aromatic carbocycles. The Hall–Kier alpha value is -2.08. The summed E-state index contributed by atoms with van der Waals surface area (Å²) in [6, 6.07) is 7.01. The highest BCUT2D eigenvalue weighted by Gasteiger charge is 2.32. The summed E-state index contributed by atoms with van der Waals surface area (Å²) < 4.78 is 5.28. The lowest BCUT2D eigenvalue weighted by molar-refractivity contribution is -0.143. The highest BCUT2D eigenvalue weighted by molar-refractivity contribution is 5.80. The molecule has 0 aliphatic carbocycles. The van der Waals surface area contributed by atoms with E-state index in [-0.39, 0.29) is 12.5 Å². The van der Waals surface area contributed by atoms with Crippen molar-refractivity contribution in [2.45, 2.75) is 25.4 Å². The van der Waals surface area contributed by atoms with Gasteiger partial charge in [0.15, 0.2) is 0 Å². The number of methoxy groups -OCH3 is 1. The minimum Gasteiger partial charge on any atom is -0.496 e. The minimum absolute atomic E-state index is 0.0842. The van der Waals surface area contributed by atoms with E-state index in [2.05, 4.69) is 0 Å². The maximum atomic E-state index is 12.3. The molecule has 6 nitrogen and oxygen atoms in total. The Morgan fingerprint density at radius 1 is 1.41 bits per heavy atom. The second-order valence-corrected chi connectivity index (χ2v) is 5.53. The summed E-state index contributed by atoms with van der Waals surface area (Å²) in [6.45, 7) is 1.24. The van der Waals surface area contributed by atoms with Gasteiger partial charge in [-0.2, -0.15) is 0 Å². The van der Waals surface area contributed by atoms with Crippen molar-refractivity contribution in [3.05, 3.63) is 29.8 Å². The number of likely N-dealkylation sites (tertiary alicyclic amines) is 1. The lowest BCUT2D eigenvalue weighted by Crippen LogP contribution is -2.43. The Labute approximate surface area is 130 Å². The van der Waals surface area contributed by atoms with E-state index in [0.717, 1.165) is 17.7 Å². The number of hydrogen-bond acceptors (Lipinski definition) is 4. The third-order valence-electron chi connectivity index (χ3n) is 4.01. The van der Waals surface area contributed by atoms with Crippen LogP contribution in [0.5, 0.6) is 5.75 Å². The van der Waals surface area contributed by atoms with Crippen LogP contribution in [0.15, 0.2) is 24.3 Å². The normalized spacial score (nSPS) is 18.2. The van der Waals surface area contributed by atoms with Gasteiger partial charge in [-0.3, -0.25) is 14.5 Å². The number of likely N-dealkylation sites (N-methyl/N-ethyl adjacent to an activating group) is 1. The number of aliphatic carboxylic acids is 1. The van der Waals surface area contributed by atoms with Crippen molar-refractivity contribution >= 4 is 11.9 Å². The first kappa shape index (κ1) is 16.3. The number of carboxylic acids is 1. The Bertz CT molecular complexity index is 547. The Morgan fingerprint density at radius 2 is 2.14 bits per heavy atom. The van der Waals surface area contributed by atoms with Gasteiger partial charge in [-0.25, -0.2) is 0 Å². The van der Waals surface area contributed by atoms with Gasteiger partial charge in [0.05, 0.1) is 13.7 Å². The SMILES string of the molecule is COc1ccccc1CN(C)C(=O)CN1CCC[C@H]1C(=O)O. The van der Waals surface area contributed by atoms with Gasteiger partial charge < -0.3 is 14.7 Å². The zero-order chi connectivity index (χ0) is 16.1. The second-order valence-electron chi connectivity index (χ2n) is 5.53.